The van der Waals surface area contributed by atoms with E-state index in [0.29, 0.717) is 10.0 Å². The highest BCUT2D eigenvalue weighted by Crippen LogP contribution is 2.29. The molecule has 2 aromatic rings. The predicted octanol–water partition coefficient (Wildman–Crippen LogP) is 4.13. The Morgan fingerprint density at radius 3 is 2.57 bits per heavy atom. The Morgan fingerprint density at radius 1 is 1.29 bits per heavy atom. The molecule has 1 atom stereocenters. The van der Waals surface area contributed by atoms with E-state index in [9.17, 15) is 13.6 Å². The van der Waals surface area contributed by atoms with E-state index in [1.807, 2.05) is 0 Å². The van der Waals surface area contributed by atoms with Gasteiger partial charge in [0.25, 0.3) is 0 Å². The summed E-state index contributed by atoms with van der Waals surface area (Å²) in [6.07, 6.45) is 1.55. The summed E-state index contributed by atoms with van der Waals surface area (Å²) in [5, 5.41) is 2.52. The number of benzene rings is 1. The number of nitrogens with one attached hydrogen (secondary N) is 1. The van der Waals surface area contributed by atoms with Crippen molar-refractivity contribution in [2.75, 3.05) is 5.32 Å². The van der Waals surface area contributed by atoms with Crippen LogP contribution >= 0.6 is 23.4 Å². The topological polar surface area (TPSA) is 42.0 Å². The van der Waals surface area contributed by atoms with Gasteiger partial charge in [-0.05, 0) is 31.2 Å². The molecule has 2 rings (SSSR count). The van der Waals surface area contributed by atoms with Crippen LogP contribution in [0.2, 0.25) is 5.02 Å². The molecule has 0 spiro atoms. The molecule has 21 heavy (non-hydrogen) atoms. The number of carbonyl (C=O) groups is 1. The highest BCUT2D eigenvalue weighted by atomic mass is 35.5. The molecule has 1 heterocycles. The Kier molecular flexibility index (Phi) is 5.14. The van der Waals surface area contributed by atoms with Gasteiger partial charge in [-0.3, -0.25) is 4.79 Å². The van der Waals surface area contributed by atoms with Crippen molar-refractivity contribution < 1.29 is 13.6 Å². The molecule has 1 amide bonds. The van der Waals surface area contributed by atoms with Gasteiger partial charge in [0.15, 0.2) is 0 Å². The van der Waals surface area contributed by atoms with Gasteiger partial charge in [-0.25, -0.2) is 13.8 Å². The zero-order valence-electron chi connectivity index (χ0n) is 10.9. The normalized spacial score (nSPS) is 12.0. The van der Waals surface area contributed by atoms with E-state index in [1.165, 1.54) is 6.07 Å². The van der Waals surface area contributed by atoms with Gasteiger partial charge in [-0.2, -0.15) is 0 Å². The van der Waals surface area contributed by atoms with Crippen molar-refractivity contribution in [3.05, 3.63) is 53.2 Å². The van der Waals surface area contributed by atoms with Crippen molar-refractivity contribution in [3.8, 4) is 0 Å². The number of halogens is 3. The molecule has 0 bridgehead atoms. The van der Waals surface area contributed by atoms with E-state index in [4.69, 9.17) is 11.6 Å². The SMILES string of the molecule is CC(Sc1ncccc1Cl)C(=O)Nc1c(F)cccc1F. The summed E-state index contributed by atoms with van der Waals surface area (Å²) in [5.74, 6) is -2.18. The summed E-state index contributed by atoms with van der Waals surface area (Å²) in [6, 6.07) is 6.70. The summed E-state index contributed by atoms with van der Waals surface area (Å²) in [5.41, 5.74) is -0.456. The third-order valence-corrected chi connectivity index (χ3v) is 4.13. The minimum absolute atomic E-state index is 0.416. The molecule has 0 saturated carbocycles. The minimum atomic E-state index is -0.823. The molecule has 3 nitrogen and oxygen atoms in total. The van der Waals surface area contributed by atoms with Gasteiger partial charge in [-0.15, -0.1) is 0 Å². The summed E-state index contributed by atoms with van der Waals surface area (Å²) < 4.78 is 26.9. The Hall–Kier alpha value is -1.66. The summed E-state index contributed by atoms with van der Waals surface area (Å²) >= 11 is 7.06. The van der Waals surface area contributed by atoms with Crippen LogP contribution in [0.5, 0.6) is 0 Å². The number of amides is 1. The zero-order chi connectivity index (χ0) is 15.4. The van der Waals surface area contributed by atoms with E-state index >= 15 is 0 Å². The van der Waals surface area contributed by atoms with Crippen LogP contribution in [0, 0.1) is 11.6 Å². The molecular weight excluding hydrogens is 318 g/mol. The van der Waals surface area contributed by atoms with Gasteiger partial charge >= 0.3 is 0 Å². The first-order valence-electron chi connectivity index (χ1n) is 6.01. The van der Waals surface area contributed by atoms with E-state index < -0.39 is 28.5 Å². The number of hydrogen-bond donors (Lipinski definition) is 1. The molecule has 0 fully saturated rings. The van der Waals surface area contributed by atoms with Crippen molar-refractivity contribution in [1.29, 1.82) is 0 Å². The van der Waals surface area contributed by atoms with Gasteiger partial charge in [0.2, 0.25) is 5.91 Å². The zero-order valence-corrected chi connectivity index (χ0v) is 12.5. The number of pyridine rings is 1. The first-order valence-corrected chi connectivity index (χ1v) is 7.27. The monoisotopic (exact) mass is 328 g/mol. The van der Waals surface area contributed by atoms with Crippen LogP contribution in [0.4, 0.5) is 14.5 Å². The first kappa shape index (κ1) is 15.7. The van der Waals surface area contributed by atoms with E-state index in [2.05, 4.69) is 10.3 Å². The van der Waals surface area contributed by atoms with Crippen LogP contribution in [0.3, 0.4) is 0 Å². The molecule has 0 aliphatic rings. The molecule has 1 unspecified atom stereocenters. The van der Waals surface area contributed by atoms with Crippen LogP contribution in [-0.4, -0.2) is 16.1 Å². The molecule has 0 radical (unpaired) electrons. The third kappa shape index (κ3) is 3.92. The van der Waals surface area contributed by atoms with Gasteiger partial charge in [0.1, 0.15) is 22.3 Å². The lowest BCUT2D eigenvalue weighted by Crippen LogP contribution is -2.23. The van der Waals surface area contributed by atoms with Crippen LogP contribution in [0.25, 0.3) is 0 Å². The lowest BCUT2D eigenvalue weighted by Gasteiger charge is -2.13. The van der Waals surface area contributed by atoms with Gasteiger partial charge in [0, 0.05) is 6.20 Å². The van der Waals surface area contributed by atoms with Gasteiger partial charge < -0.3 is 5.32 Å². The molecule has 1 aromatic carbocycles. The maximum absolute atomic E-state index is 13.5. The number of thioether (sulfide) groups is 1. The second kappa shape index (κ2) is 6.87. The fourth-order valence-corrected chi connectivity index (χ4v) is 2.58. The molecule has 1 N–H and O–H groups in total. The number of nitrogens with zero attached hydrogens (tertiary/aromatic N) is 1. The molecule has 0 aliphatic heterocycles. The molecule has 0 aliphatic carbocycles. The van der Waals surface area contributed by atoms with Crippen molar-refractivity contribution in [3.63, 3.8) is 0 Å². The standard InChI is InChI=1S/C14H11ClF2N2OS/c1-8(21-14-9(15)4-3-7-18-14)13(20)19-12-10(16)5-2-6-11(12)17/h2-8H,1H3,(H,19,20). The fourth-order valence-electron chi connectivity index (χ4n) is 1.52. The maximum Gasteiger partial charge on any atom is 0.237 e. The second-order valence-electron chi connectivity index (χ2n) is 4.14. The Labute approximate surface area is 129 Å². The lowest BCUT2D eigenvalue weighted by atomic mass is 10.3. The average molecular weight is 329 g/mol. The second-order valence-corrected chi connectivity index (χ2v) is 5.87. The quantitative estimate of drug-likeness (QED) is 0.858. The summed E-state index contributed by atoms with van der Waals surface area (Å²) in [7, 11) is 0. The highest BCUT2D eigenvalue weighted by Gasteiger charge is 2.19. The van der Waals surface area contributed by atoms with E-state index in [1.54, 1.807) is 25.3 Å². The van der Waals surface area contributed by atoms with Crippen LogP contribution < -0.4 is 5.32 Å². The minimum Gasteiger partial charge on any atom is -0.320 e. The van der Waals surface area contributed by atoms with Crippen molar-refractivity contribution in [2.24, 2.45) is 0 Å². The number of aromatic nitrogens is 1. The van der Waals surface area contributed by atoms with Crippen LogP contribution in [0.1, 0.15) is 6.92 Å². The van der Waals surface area contributed by atoms with Gasteiger partial charge in [0.05, 0.1) is 10.3 Å². The number of carbonyl (C=O) groups excluding carboxylic acids is 1. The molecule has 110 valence electrons. The van der Waals surface area contributed by atoms with E-state index in [0.717, 1.165) is 23.9 Å². The summed E-state index contributed by atoms with van der Waals surface area (Å²) in [4.78, 5) is 16.0. The van der Waals surface area contributed by atoms with Crippen molar-refractivity contribution in [1.82, 2.24) is 4.98 Å². The molecule has 7 heteroatoms. The number of para-hydroxylation sites is 1. The lowest BCUT2D eigenvalue weighted by molar-refractivity contribution is -0.115. The van der Waals surface area contributed by atoms with Crippen LogP contribution in [-0.2, 0) is 4.79 Å². The third-order valence-electron chi connectivity index (χ3n) is 2.59. The Balaban J connectivity index is 2.08. The average Bonchev–Trinajstić information content (AvgIpc) is 2.45. The van der Waals surface area contributed by atoms with Crippen molar-refractivity contribution >= 4 is 35.0 Å². The molecule has 0 saturated heterocycles. The summed E-state index contributed by atoms with van der Waals surface area (Å²) in [6.45, 7) is 1.60. The molecule has 1 aromatic heterocycles. The van der Waals surface area contributed by atoms with Crippen molar-refractivity contribution in [2.45, 2.75) is 17.2 Å². The Bertz CT molecular complexity index is 649. The van der Waals surface area contributed by atoms with E-state index in [-0.39, 0.29) is 0 Å². The number of hydrogen-bond acceptors (Lipinski definition) is 3. The first-order chi connectivity index (χ1) is 9.99. The smallest absolute Gasteiger partial charge is 0.237 e. The predicted molar refractivity (Wildman–Crippen MR) is 79.6 cm³/mol. The number of rotatable bonds is 4. The largest absolute Gasteiger partial charge is 0.320 e. The van der Waals surface area contributed by atoms with Crippen LogP contribution in [0.15, 0.2) is 41.6 Å². The van der Waals surface area contributed by atoms with Gasteiger partial charge in [-0.1, -0.05) is 29.4 Å². The Morgan fingerprint density at radius 2 is 1.95 bits per heavy atom. The number of anilines is 1. The maximum atomic E-state index is 13.5. The highest BCUT2D eigenvalue weighted by molar-refractivity contribution is 8.00. The fraction of sp³-hybridized carbons (Fsp3) is 0.143. The molecular formula is C14H11ClF2N2OS.